The van der Waals surface area contributed by atoms with Crippen LogP contribution in [0, 0.1) is 0 Å². The van der Waals surface area contributed by atoms with E-state index in [4.69, 9.17) is 9.72 Å². The van der Waals surface area contributed by atoms with E-state index in [0.29, 0.717) is 24.5 Å². The van der Waals surface area contributed by atoms with Gasteiger partial charge in [0.2, 0.25) is 0 Å². The lowest BCUT2D eigenvalue weighted by Gasteiger charge is -2.23. The van der Waals surface area contributed by atoms with Gasteiger partial charge in [0.1, 0.15) is 10.7 Å². The van der Waals surface area contributed by atoms with Crippen molar-refractivity contribution in [1.29, 1.82) is 0 Å². The second-order valence-corrected chi connectivity index (χ2v) is 6.90. The number of amides is 1. The number of rotatable bonds is 5. The van der Waals surface area contributed by atoms with Gasteiger partial charge < -0.3 is 10.1 Å². The highest BCUT2D eigenvalue weighted by molar-refractivity contribution is 7.12. The summed E-state index contributed by atoms with van der Waals surface area (Å²) < 4.78 is 5.35. The number of benzene rings is 1. The van der Waals surface area contributed by atoms with Crippen molar-refractivity contribution in [2.45, 2.75) is 25.8 Å². The van der Waals surface area contributed by atoms with Gasteiger partial charge >= 0.3 is 0 Å². The van der Waals surface area contributed by atoms with Crippen molar-refractivity contribution >= 4 is 23.0 Å². The van der Waals surface area contributed by atoms with Gasteiger partial charge in [-0.2, -0.15) is 0 Å². The molecule has 2 heterocycles. The fraction of sp³-hybridized carbons (Fsp3) is 0.350. The van der Waals surface area contributed by atoms with E-state index in [1.807, 2.05) is 42.6 Å². The molecule has 3 rings (SSSR count). The monoisotopic (exact) mass is 369 g/mol. The van der Waals surface area contributed by atoms with Gasteiger partial charge in [-0.15, -0.1) is 11.3 Å². The molecule has 5 nitrogen and oxygen atoms in total. The van der Waals surface area contributed by atoms with Crippen molar-refractivity contribution in [3.63, 3.8) is 0 Å². The molecule has 1 aromatic heterocycles. The maximum Gasteiger partial charge on any atom is 0.253 e. The molecule has 0 unspecified atom stereocenters. The molecule has 1 saturated heterocycles. The van der Waals surface area contributed by atoms with Gasteiger partial charge in [0.25, 0.3) is 5.91 Å². The van der Waals surface area contributed by atoms with Gasteiger partial charge in [-0.3, -0.25) is 9.79 Å². The smallest absolute Gasteiger partial charge is 0.253 e. The zero-order chi connectivity index (χ0) is 18.4. The fourth-order valence-electron chi connectivity index (χ4n) is 2.94. The molecule has 1 amide bonds. The molecule has 26 heavy (non-hydrogen) atoms. The van der Waals surface area contributed by atoms with E-state index < -0.39 is 0 Å². The molecule has 1 aliphatic heterocycles. The molecule has 1 aliphatic rings. The number of allylic oxidation sites excluding steroid dienone is 1. The first-order chi connectivity index (χ1) is 12.7. The number of thiazole rings is 1. The zero-order valence-electron chi connectivity index (χ0n) is 15.1. The van der Waals surface area contributed by atoms with Gasteiger partial charge in [0.15, 0.2) is 0 Å². The van der Waals surface area contributed by atoms with Crippen LogP contribution in [0.3, 0.4) is 0 Å². The number of carbonyl (C=O) groups excluding carboxylic acids is 1. The lowest BCUT2D eigenvalue weighted by molar-refractivity contribution is -0.118. The third kappa shape index (κ3) is 4.26. The molecule has 0 spiro atoms. The summed E-state index contributed by atoms with van der Waals surface area (Å²) in [5, 5.41) is 5.85. The average Bonchev–Trinajstić information content (AvgIpc) is 3.17. The SMILES string of the molecule is C/C=C(/C(=O)NC1CCOCC1)C(=NC)c1nc(-c2ccccc2)cs1. The number of nitrogens with zero attached hydrogens (tertiary/aromatic N) is 2. The normalized spacial score (nSPS) is 16.5. The highest BCUT2D eigenvalue weighted by Crippen LogP contribution is 2.24. The van der Waals surface area contributed by atoms with Crippen LogP contribution in [0.1, 0.15) is 24.8 Å². The largest absolute Gasteiger partial charge is 0.381 e. The van der Waals surface area contributed by atoms with Crippen LogP contribution in [0.2, 0.25) is 0 Å². The van der Waals surface area contributed by atoms with Crippen LogP contribution < -0.4 is 5.32 Å². The van der Waals surface area contributed by atoms with E-state index in [1.54, 1.807) is 13.1 Å². The lowest BCUT2D eigenvalue weighted by atomic mass is 10.1. The quantitative estimate of drug-likeness (QED) is 0.648. The first kappa shape index (κ1) is 18.5. The van der Waals surface area contributed by atoms with E-state index in [2.05, 4.69) is 10.3 Å². The Bertz CT molecular complexity index is 805. The second kappa shape index (κ2) is 8.87. The van der Waals surface area contributed by atoms with Crippen molar-refractivity contribution in [1.82, 2.24) is 10.3 Å². The lowest BCUT2D eigenvalue weighted by Crippen LogP contribution is -2.40. The van der Waals surface area contributed by atoms with Crippen molar-refractivity contribution in [3.8, 4) is 11.3 Å². The van der Waals surface area contributed by atoms with E-state index >= 15 is 0 Å². The predicted molar refractivity (Wildman–Crippen MR) is 106 cm³/mol. The third-order valence-corrected chi connectivity index (χ3v) is 5.19. The van der Waals surface area contributed by atoms with Gasteiger partial charge in [0.05, 0.1) is 11.3 Å². The Kier molecular flexibility index (Phi) is 6.30. The van der Waals surface area contributed by atoms with Gasteiger partial charge in [-0.25, -0.2) is 4.98 Å². The van der Waals surface area contributed by atoms with E-state index in [9.17, 15) is 4.79 Å². The molecule has 0 bridgehead atoms. The number of nitrogens with one attached hydrogen (secondary N) is 1. The standard InChI is InChI=1S/C20H23N3O2S/c1-3-16(19(24)22-15-9-11-25-12-10-15)18(21-2)20-23-17(13-26-20)14-7-5-4-6-8-14/h3-8,13,15H,9-12H2,1-2H3,(H,22,24)/b16-3+,21-18?. The molecule has 1 N–H and O–H groups in total. The van der Waals surface area contributed by atoms with Gasteiger partial charge in [0, 0.05) is 37.2 Å². The number of carbonyl (C=O) groups is 1. The maximum absolute atomic E-state index is 12.8. The van der Waals surface area contributed by atoms with E-state index in [1.165, 1.54) is 11.3 Å². The minimum absolute atomic E-state index is 0.100. The van der Waals surface area contributed by atoms with E-state index in [0.717, 1.165) is 29.1 Å². The minimum Gasteiger partial charge on any atom is -0.381 e. The maximum atomic E-state index is 12.8. The number of ether oxygens (including phenoxy) is 1. The van der Waals surface area contributed by atoms with Crippen LogP contribution >= 0.6 is 11.3 Å². The third-order valence-electron chi connectivity index (χ3n) is 4.34. The zero-order valence-corrected chi connectivity index (χ0v) is 15.9. The van der Waals surface area contributed by atoms with Gasteiger partial charge in [-0.1, -0.05) is 36.4 Å². The van der Waals surface area contributed by atoms with E-state index in [-0.39, 0.29) is 11.9 Å². The Morgan fingerprint density at radius 1 is 1.31 bits per heavy atom. The van der Waals surface area contributed by atoms with Crippen molar-refractivity contribution in [2.24, 2.45) is 4.99 Å². The van der Waals surface area contributed by atoms with Crippen LogP contribution in [0.5, 0.6) is 0 Å². The van der Waals surface area contributed by atoms with Crippen LogP contribution in [0.15, 0.2) is 52.4 Å². The van der Waals surface area contributed by atoms with Crippen LogP contribution in [-0.4, -0.2) is 42.9 Å². The summed E-state index contributed by atoms with van der Waals surface area (Å²) in [6.07, 6.45) is 3.49. The Hall–Kier alpha value is -2.31. The van der Waals surface area contributed by atoms with Crippen LogP contribution in [0.25, 0.3) is 11.3 Å². The second-order valence-electron chi connectivity index (χ2n) is 6.04. The Balaban J connectivity index is 1.78. The highest BCUT2D eigenvalue weighted by Gasteiger charge is 2.23. The molecular formula is C20H23N3O2S. The number of hydrogen-bond donors (Lipinski definition) is 1. The molecule has 1 fully saturated rings. The first-order valence-corrected chi connectivity index (χ1v) is 9.64. The molecular weight excluding hydrogens is 346 g/mol. The molecule has 0 aliphatic carbocycles. The summed E-state index contributed by atoms with van der Waals surface area (Å²) in [5.41, 5.74) is 3.14. The number of hydrogen-bond acceptors (Lipinski definition) is 5. The molecule has 136 valence electrons. The first-order valence-electron chi connectivity index (χ1n) is 8.76. The Labute approximate surface area is 157 Å². The number of aliphatic imine (C=N–C) groups is 1. The molecule has 0 radical (unpaired) electrons. The molecule has 6 heteroatoms. The summed E-state index contributed by atoms with van der Waals surface area (Å²) >= 11 is 1.50. The molecule has 0 atom stereocenters. The van der Waals surface area contributed by atoms with Crippen molar-refractivity contribution in [2.75, 3.05) is 20.3 Å². The average molecular weight is 369 g/mol. The topological polar surface area (TPSA) is 63.6 Å². The summed E-state index contributed by atoms with van der Waals surface area (Å²) in [4.78, 5) is 21.8. The molecule has 0 saturated carbocycles. The summed E-state index contributed by atoms with van der Waals surface area (Å²) in [5.74, 6) is -0.100. The Morgan fingerprint density at radius 3 is 2.69 bits per heavy atom. The van der Waals surface area contributed by atoms with Crippen LogP contribution in [0.4, 0.5) is 0 Å². The summed E-state index contributed by atoms with van der Waals surface area (Å²) in [6, 6.07) is 10.2. The summed E-state index contributed by atoms with van der Waals surface area (Å²) in [7, 11) is 1.70. The molecule has 1 aromatic carbocycles. The molecule has 2 aromatic rings. The van der Waals surface area contributed by atoms with Gasteiger partial charge in [-0.05, 0) is 19.8 Å². The predicted octanol–water partition coefficient (Wildman–Crippen LogP) is 3.47. The minimum atomic E-state index is -0.100. The Morgan fingerprint density at radius 2 is 2.04 bits per heavy atom. The summed E-state index contributed by atoms with van der Waals surface area (Å²) in [6.45, 7) is 3.24. The highest BCUT2D eigenvalue weighted by atomic mass is 32.1. The number of aromatic nitrogens is 1. The fourth-order valence-corrected chi connectivity index (χ4v) is 3.81. The van der Waals surface area contributed by atoms with Crippen LogP contribution in [-0.2, 0) is 9.53 Å². The van der Waals surface area contributed by atoms with Crippen molar-refractivity contribution in [3.05, 3.63) is 52.4 Å². The van der Waals surface area contributed by atoms with Crippen molar-refractivity contribution < 1.29 is 9.53 Å².